The van der Waals surface area contributed by atoms with Crippen LogP contribution in [0.15, 0.2) is 16.6 Å². The van der Waals surface area contributed by atoms with E-state index in [2.05, 4.69) is 61.1 Å². The maximum atomic E-state index is 6.07. The number of rotatable bonds is 10. The van der Waals surface area contributed by atoms with Gasteiger partial charge in [-0.05, 0) is 31.0 Å². The summed E-state index contributed by atoms with van der Waals surface area (Å²) in [4.78, 5) is 0. The Labute approximate surface area is 138 Å². The molecular formula is C18H30BrNO. The molecule has 1 rings (SSSR count). The number of halogens is 1. The number of aryl methyl sites for hydroxylation is 1. The first-order chi connectivity index (χ1) is 10.0. The summed E-state index contributed by atoms with van der Waals surface area (Å²) in [6.45, 7) is 10.4. The molecule has 0 aromatic heterocycles. The van der Waals surface area contributed by atoms with E-state index in [-0.39, 0.29) is 0 Å². The fourth-order valence-electron chi connectivity index (χ4n) is 2.33. The highest BCUT2D eigenvalue weighted by atomic mass is 79.9. The zero-order valence-corrected chi connectivity index (χ0v) is 15.6. The van der Waals surface area contributed by atoms with E-state index in [0.717, 1.165) is 29.8 Å². The first-order valence-electron chi connectivity index (χ1n) is 8.19. The monoisotopic (exact) mass is 355 g/mol. The predicted octanol–water partition coefficient (Wildman–Crippen LogP) is 5.60. The quantitative estimate of drug-likeness (QED) is 0.551. The van der Waals surface area contributed by atoms with Crippen molar-refractivity contribution in [3.05, 3.63) is 27.7 Å². The predicted molar refractivity (Wildman–Crippen MR) is 95.1 cm³/mol. The normalized spacial score (nSPS) is 11.1. The van der Waals surface area contributed by atoms with Crippen LogP contribution in [-0.2, 0) is 6.54 Å². The van der Waals surface area contributed by atoms with Gasteiger partial charge in [0.25, 0.3) is 0 Å². The molecule has 0 unspecified atom stereocenters. The van der Waals surface area contributed by atoms with Gasteiger partial charge in [0.05, 0.1) is 6.61 Å². The third-order valence-corrected chi connectivity index (χ3v) is 3.97. The van der Waals surface area contributed by atoms with Crippen molar-refractivity contribution in [1.82, 2.24) is 5.32 Å². The minimum Gasteiger partial charge on any atom is -0.493 e. The van der Waals surface area contributed by atoms with Gasteiger partial charge < -0.3 is 10.1 Å². The van der Waals surface area contributed by atoms with Gasteiger partial charge in [-0.3, -0.25) is 0 Å². The van der Waals surface area contributed by atoms with Crippen LogP contribution in [0, 0.1) is 6.92 Å². The van der Waals surface area contributed by atoms with Crippen molar-refractivity contribution >= 4 is 15.9 Å². The number of unbranched alkanes of at least 4 members (excludes halogenated alkanes) is 4. The van der Waals surface area contributed by atoms with Gasteiger partial charge in [0.15, 0.2) is 0 Å². The Morgan fingerprint density at radius 3 is 2.52 bits per heavy atom. The van der Waals surface area contributed by atoms with Crippen LogP contribution >= 0.6 is 15.9 Å². The molecule has 0 saturated heterocycles. The smallest absolute Gasteiger partial charge is 0.126 e. The molecule has 0 fully saturated rings. The molecule has 0 spiro atoms. The van der Waals surface area contributed by atoms with Crippen molar-refractivity contribution in [2.45, 2.75) is 72.4 Å². The largest absolute Gasteiger partial charge is 0.493 e. The Bertz CT molecular complexity index is 418. The molecule has 0 heterocycles. The zero-order chi connectivity index (χ0) is 15.7. The lowest BCUT2D eigenvalue weighted by atomic mass is 10.1. The Morgan fingerprint density at radius 1 is 1.14 bits per heavy atom. The summed E-state index contributed by atoms with van der Waals surface area (Å²) in [5.41, 5.74) is 2.45. The molecule has 0 atom stereocenters. The van der Waals surface area contributed by atoms with Crippen LogP contribution in [0.1, 0.15) is 64.0 Å². The van der Waals surface area contributed by atoms with E-state index in [4.69, 9.17) is 4.74 Å². The lowest BCUT2D eigenvalue weighted by Crippen LogP contribution is -2.22. The molecule has 1 aromatic rings. The number of ether oxygens (including phenoxy) is 1. The second-order valence-electron chi connectivity index (χ2n) is 6.01. The molecule has 0 aliphatic rings. The highest BCUT2D eigenvalue weighted by Crippen LogP contribution is 2.28. The average Bonchev–Trinajstić information content (AvgIpc) is 2.42. The Kier molecular flexibility index (Phi) is 9.02. The molecule has 3 heteroatoms. The van der Waals surface area contributed by atoms with Crippen LogP contribution < -0.4 is 10.1 Å². The van der Waals surface area contributed by atoms with Gasteiger partial charge in [-0.25, -0.2) is 0 Å². The van der Waals surface area contributed by atoms with Crippen molar-refractivity contribution in [3.8, 4) is 5.75 Å². The standard InChI is InChI=1S/C18H30BrNO/c1-5-6-7-8-9-10-21-18-15(4)11-17(19)12-16(18)13-20-14(2)3/h11-12,14,20H,5-10,13H2,1-4H3. The Morgan fingerprint density at radius 2 is 1.86 bits per heavy atom. The Hall–Kier alpha value is -0.540. The number of hydrogen-bond donors (Lipinski definition) is 1. The van der Waals surface area contributed by atoms with E-state index in [1.165, 1.54) is 36.8 Å². The van der Waals surface area contributed by atoms with E-state index in [9.17, 15) is 0 Å². The van der Waals surface area contributed by atoms with Gasteiger partial charge in [0.2, 0.25) is 0 Å². The SMILES string of the molecule is CCCCCCCOc1c(C)cc(Br)cc1CNC(C)C. The van der Waals surface area contributed by atoms with Crippen LogP contribution in [0.5, 0.6) is 5.75 Å². The van der Waals surface area contributed by atoms with Gasteiger partial charge in [0, 0.05) is 22.6 Å². The molecule has 0 aliphatic heterocycles. The first-order valence-corrected chi connectivity index (χ1v) is 8.99. The van der Waals surface area contributed by atoms with Crippen LogP contribution in [0.3, 0.4) is 0 Å². The lowest BCUT2D eigenvalue weighted by Gasteiger charge is -2.16. The lowest BCUT2D eigenvalue weighted by molar-refractivity contribution is 0.298. The van der Waals surface area contributed by atoms with Crippen molar-refractivity contribution in [2.75, 3.05) is 6.61 Å². The number of hydrogen-bond acceptors (Lipinski definition) is 2. The third kappa shape index (κ3) is 7.32. The molecule has 0 saturated carbocycles. The summed E-state index contributed by atoms with van der Waals surface area (Å²) in [5.74, 6) is 1.06. The second kappa shape index (κ2) is 10.2. The summed E-state index contributed by atoms with van der Waals surface area (Å²) in [7, 11) is 0. The summed E-state index contributed by atoms with van der Waals surface area (Å²) >= 11 is 3.58. The van der Waals surface area contributed by atoms with Crippen molar-refractivity contribution in [3.63, 3.8) is 0 Å². The van der Waals surface area contributed by atoms with E-state index < -0.39 is 0 Å². The highest BCUT2D eigenvalue weighted by molar-refractivity contribution is 9.10. The van der Waals surface area contributed by atoms with Gasteiger partial charge in [-0.1, -0.05) is 62.4 Å². The minimum atomic E-state index is 0.478. The third-order valence-electron chi connectivity index (χ3n) is 3.51. The molecule has 2 nitrogen and oxygen atoms in total. The highest BCUT2D eigenvalue weighted by Gasteiger charge is 2.09. The van der Waals surface area contributed by atoms with Crippen molar-refractivity contribution in [2.24, 2.45) is 0 Å². The average molecular weight is 356 g/mol. The Balaban J connectivity index is 2.57. The van der Waals surface area contributed by atoms with E-state index in [1.807, 2.05) is 0 Å². The summed E-state index contributed by atoms with van der Waals surface area (Å²) in [6.07, 6.45) is 6.36. The first kappa shape index (κ1) is 18.5. The van der Waals surface area contributed by atoms with Crippen molar-refractivity contribution < 1.29 is 4.74 Å². The molecule has 0 amide bonds. The van der Waals surface area contributed by atoms with Crippen LogP contribution in [0.25, 0.3) is 0 Å². The number of nitrogens with one attached hydrogen (secondary N) is 1. The molecule has 21 heavy (non-hydrogen) atoms. The maximum Gasteiger partial charge on any atom is 0.126 e. The van der Waals surface area contributed by atoms with Gasteiger partial charge in [-0.15, -0.1) is 0 Å². The molecule has 1 N–H and O–H groups in total. The van der Waals surface area contributed by atoms with Crippen LogP contribution in [0.2, 0.25) is 0 Å². The molecular weight excluding hydrogens is 326 g/mol. The summed E-state index contributed by atoms with van der Waals surface area (Å²) in [6, 6.07) is 4.77. The minimum absolute atomic E-state index is 0.478. The molecule has 0 aliphatic carbocycles. The van der Waals surface area contributed by atoms with E-state index in [1.54, 1.807) is 0 Å². The van der Waals surface area contributed by atoms with Gasteiger partial charge in [0.1, 0.15) is 5.75 Å². The van der Waals surface area contributed by atoms with E-state index >= 15 is 0 Å². The summed E-state index contributed by atoms with van der Waals surface area (Å²) in [5, 5.41) is 3.47. The second-order valence-corrected chi connectivity index (χ2v) is 6.92. The van der Waals surface area contributed by atoms with Gasteiger partial charge in [-0.2, -0.15) is 0 Å². The van der Waals surface area contributed by atoms with E-state index in [0.29, 0.717) is 6.04 Å². The topological polar surface area (TPSA) is 21.3 Å². The molecule has 0 radical (unpaired) electrons. The van der Waals surface area contributed by atoms with Crippen LogP contribution in [0.4, 0.5) is 0 Å². The fraction of sp³-hybridized carbons (Fsp3) is 0.667. The van der Waals surface area contributed by atoms with Crippen molar-refractivity contribution in [1.29, 1.82) is 0 Å². The fourth-order valence-corrected chi connectivity index (χ4v) is 2.95. The molecule has 0 bridgehead atoms. The van der Waals surface area contributed by atoms with Gasteiger partial charge >= 0.3 is 0 Å². The molecule has 120 valence electrons. The van der Waals surface area contributed by atoms with Crippen LogP contribution in [-0.4, -0.2) is 12.6 Å². The maximum absolute atomic E-state index is 6.07. The zero-order valence-electron chi connectivity index (χ0n) is 14.0. The number of benzene rings is 1. The molecule has 1 aromatic carbocycles. The summed E-state index contributed by atoms with van der Waals surface area (Å²) < 4.78 is 7.20.